The Morgan fingerprint density at radius 2 is 2.06 bits per heavy atom. The molecule has 3 aliphatic heterocycles. The summed E-state index contributed by atoms with van der Waals surface area (Å²) in [7, 11) is 0. The number of ether oxygens (including phenoxy) is 1. The molecule has 1 amide bonds. The molecule has 1 aromatic heterocycles. The first kappa shape index (κ1) is 22.9. The average Bonchev–Trinajstić information content (AvgIpc) is 3.00. The number of halogens is 3. The van der Waals surface area contributed by atoms with Gasteiger partial charge in [0.2, 0.25) is 5.91 Å². The molecule has 0 atom stereocenters. The largest absolute Gasteiger partial charge is 0.401 e. The quantitative estimate of drug-likeness (QED) is 0.679. The standard InChI is InChI=1S/C25H27F3N4O2.H2/c26-25(27,28)16-31-10-5-18(6-11-31)24(33)32-15-20-2-1-9-29-23(20)30-21-4-3-19(14-22(21)32)17-7-12-34-13-8-17;/h1-4,7,9,14,18H,5-6,8,10-13,15-16H2,(H,29,30);1H. The Morgan fingerprint density at radius 3 is 2.79 bits per heavy atom. The van der Waals surface area contributed by atoms with E-state index in [-0.39, 0.29) is 26.3 Å². The smallest absolute Gasteiger partial charge is 0.377 e. The number of alkyl halides is 3. The van der Waals surface area contributed by atoms with E-state index in [9.17, 15) is 18.0 Å². The van der Waals surface area contributed by atoms with Gasteiger partial charge < -0.3 is 15.0 Å². The lowest BCUT2D eigenvalue weighted by Crippen LogP contribution is -2.45. The molecule has 1 saturated heterocycles. The minimum Gasteiger partial charge on any atom is -0.377 e. The lowest BCUT2D eigenvalue weighted by Gasteiger charge is -2.34. The van der Waals surface area contributed by atoms with Crippen LogP contribution in [-0.4, -0.2) is 54.8 Å². The van der Waals surface area contributed by atoms with Crippen LogP contribution in [-0.2, 0) is 16.1 Å². The SMILES string of the molecule is O=C(C1CCN(CC(F)(F)F)CC1)N1Cc2cccnc2Nc2ccc(C3=CCOCC3)cc21.[HH]. The number of nitrogens with one attached hydrogen (secondary N) is 1. The fraction of sp³-hybridized carbons (Fsp3) is 0.440. The van der Waals surface area contributed by atoms with E-state index >= 15 is 0 Å². The Balaban J connectivity index is 0.00000289. The Labute approximate surface area is 197 Å². The second kappa shape index (κ2) is 9.38. The molecule has 34 heavy (non-hydrogen) atoms. The molecule has 4 heterocycles. The monoisotopic (exact) mass is 474 g/mol. The van der Waals surface area contributed by atoms with Gasteiger partial charge >= 0.3 is 6.18 Å². The Morgan fingerprint density at radius 1 is 1.24 bits per heavy atom. The molecule has 1 aromatic carbocycles. The number of benzene rings is 1. The normalized spacial score (nSPS) is 19.5. The van der Waals surface area contributed by atoms with Gasteiger partial charge in [-0.2, -0.15) is 13.2 Å². The summed E-state index contributed by atoms with van der Waals surface area (Å²) in [6, 6.07) is 9.82. The van der Waals surface area contributed by atoms with Crippen molar-refractivity contribution in [1.29, 1.82) is 0 Å². The van der Waals surface area contributed by atoms with Crippen LogP contribution in [0.3, 0.4) is 0 Å². The number of pyridine rings is 1. The van der Waals surface area contributed by atoms with Crippen LogP contribution in [0.4, 0.5) is 30.4 Å². The van der Waals surface area contributed by atoms with E-state index in [1.165, 1.54) is 10.5 Å². The first-order valence-corrected chi connectivity index (χ1v) is 11.6. The van der Waals surface area contributed by atoms with Crippen molar-refractivity contribution >= 4 is 28.7 Å². The van der Waals surface area contributed by atoms with Crippen molar-refractivity contribution in [3.05, 3.63) is 53.7 Å². The third kappa shape index (κ3) is 4.95. The van der Waals surface area contributed by atoms with Crippen molar-refractivity contribution in [2.45, 2.75) is 32.0 Å². The number of hydrogen-bond donors (Lipinski definition) is 1. The van der Waals surface area contributed by atoms with E-state index in [1.807, 2.05) is 30.3 Å². The van der Waals surface area contributed by atoms with E-state index in [1.54, 1.807) is 11.1 Å². The van der Waals surface area contributed by atoms with Crippen molar-refractivity contribution in [3.8, 4) is 0 Å². The Bertz CT molecular complexity index is 1100. The Kier molecular flexibility index (Phi) is 6.31. The molecule has 0 radical (unpaired) electrons. The van der Waals surface area contributed by atoms with Gasteiger partial charge in [-0.15, -0.1) is 0 Å². The predicted octanol–water partition coefficient (Wildman–Crippen LogP) is 5.00. The molecule has 6 nitrogen and oxygen atoms in total. The summed E-state index contributed by atoms with van der Waals surface area (Å²) < 4.78 is 43.8. The minimum absolute atomic E-state index is 0. The van der Waals surface area contributed by atoms with Gasteiger partial charge in [0, 0.05) is 19.1 Å². The highest BCUT2D eigenvalue weighted by Crippen LogP contribution is 2.39. The molecule has 0 unspecified atom stereocenters. The topological polar surface area (TPSA) is 57.7 Å². The minimum atomic E-state index is -4.22. The van der Waals surface area contributed by atoms with Gasteiger partial charge in [-0.3, -0.25) is 9.69 Å². The van der Waals surface area contributed by atoms with Gasteiger partial charge in [0.25, 0.3) is 0 Å². The van der Waals surface area contributed by atoms with Crippen LogP contribution in [0.1, 0.15) is 31.8 Å². The maximum absolute atomic E-state index is 13.8. The molecular formula is C25H29F3N4O2. The predicted molar refractivity (Wildman–Crippen MR) is 126 cm³/mol. The third-order valence-electron chi connectivity index (χ3n) is 6.70. The zero-order valence-corrected chi connectivity index (χ0v) is 18.8. The van der Waals surface area contributed by atoms with Gasteiger partial charge in [-0.25, -0.2) is 4.98 Å². The van der Waals surface area contributed by atoms with Crippen molar-refractivity contribution in [3.63, 3.8) is 0 Å². The van der Waals surface area contributed by atoms with E-state index in [0.29, 0.717) is 38.4 Å². The number of carbonyl (C=O) groups excluding carboxylic acids is 1. The number of piperidine rings is 1. The van der Waals surface area contributed by atoms with Crippen molar-refractivity contribution in [2.75, 3.05) is 43.1 Å². The zero-order chi connectivity index (χ0) is 23.7. The number of aromatic nitrogens is 1. The Hall–Kier alpha value is -2.91. The van der Waals surface area contributed by atoms with Gasteiger partial charge in [-0.1, -0.05) is 18.2 Å². The van der Waals surface area contributed by atoms with Crippen LogP contribution in [0.15, 0.2) is 42.6 Å². The number of fused-ring (bicyclic) bond motifs is 2. The first-order valence-electron chi connectivity index (χ1n) is 11.6. The number of rotatable bonds is 3. The molecule has 3 aliphatic rings. The lowest BCUT2D eigenvalue weighted by molar-refractivity contribution is -0.149. The van der Waals surface area contributed by atoms with Crippen molar-refractivity contribution in [1.82, 2.24) is 9.88 Å². The molecule has 0 aliphatic carbocycles. The van der Waals surface area contributed by atoms with Crippen molar-refractivity contribution in [2.24, 2.45) is 5.92 Å². The molecular weight excluding hydrogens is 445 g/mol. The number of hydrogen-bond acceptors (Lipinski definition) is 5. The average molecular weight is 475 g/mol. The molecule has 1 fully saturated rings. The fourth-order valence-electron chi connectivity index (χ4n) is 4.92. The molecule has 2 aromatic rings. The maximum atomic E-state index is 13.8. The van der Waals surface area contributed by atoms with Gasteiger partial charge in [0.1, 0.15) is 5.82 Å². The van der Waals surface area contributed by atoms with Crippen LogP contribution in [0, 0.1) is 5.92 Å². The second-order valence-electron chi connectivity index (χ2n) is 9.01. The lowest BCUT2D eigenvalue weighted by atomic mass is 9.94. The van der Waals surface area contributed by atoms with Crippen LogP contribution in [0.2, 0.25) is 0 Å². The number of nitrogens with zero attached hydrogens (tertiary/aromatic N) is 3. The highest BCUT2D eigenvalue weighted by atomic mass is 19.4. The third-order valence-corrected chi connectivity index (χ3v) is 6.70. The first-order chi connectivity index (χ1) is 16.4. The van der Waals surface area contributed by atoms with Crippen LogP contribution < -0.4 is 10.2 Å². The summed E-state index contributed by atoms with van der Waals surface area (Å²) in [6.45, 7) is 1.19. The highest BCUT2D eigenvalue weighted by Gasteiger charge is 2.36. The number of amides is 1. The molecule has 182 valence electrons. The molecule has 0 spiro atoms. The molecule has 0 bridgehead atoms. The summed E-state index contributed by atoms with van der Waals surface area (Å²) in [5.74, 6) is 0.336. The van der Waals surface area contributed by atoms with E-state index in [2.05, 4.69) is 16.4 Å². The zero-order valence-electron chi connectivity index (χ0n) is 18.8. The van der Waals surface area contributed by atoms with Crippen molar-refractivity contribution < 1.29 is 24.1 Å². The number of anilines is 3. The fourth-order valence-corrected chi connectivity index (χ4v) is 4.92. The van der Waals surface area contributed by atoms with Gasteiger partial charge in [0.15, 0.2) is 0 Å². The number of carbonyl (C=O) groups is 1. The van der Waals surface area contributed by atoms with Gasteiger partial charge in [-0.05, 0) is 61.7 Å². The summed E-state index contributed by atoms with van der Waals surface area (Å²) in [4.78, 5) is 21.4. The van der Waals surface area contributed by atoms with E-state index in [0.717, 1.165) is 28.9 Å². The summed E-state index contributed by atoms with van der Waals surface area (Å²) >= 11 is 0. The highest BCUT2D eigenvalue weighted by molar-refractivity contribution is 6.00. The van der Waals surface area contributed by atoms with E-state index < -0.39 is 12.7 Å². The van der Waals surface area contributed by atoms with Crippen LogP contribution >= 0.6 is 0 Å². The van der Waals surface area contributed by atoms with E-state index in [4.69, 9.17) is 4.74 Å². The van der Waals surface area contributed by atoms with Gasteiger partial charge in [0.05, 0.1) is 37.7 Å². The maximum Gasteiger partial charge on any atom is 0.401 e. The molecule has 9 heteroatoms. The molecule has 0 saturated carbocycles. The summed E-state index contributed by atoms with van der Waals surface area (Å²) in [6.07, 6.45) is 1.18. The molecule has 1 N–H and O–H groups in total. The second-order valence-corrected chi connectivity index (χ2v) is 9.01. The molecule has 5 rings (SSSR count). The summed E-state index contributed by atoms with van der Waals surface area (Å²) in [5.41, 5.74) is 4.68. The van der Waals surface area contributed by atoms with Crippen LogP contribution in [0.25, 0.3) is 5.57 Å². The van der Waals surface area contributed by atoms with Crippen LogP contribution in [0.5, 0.6) is 0 Å². The summed E-state index contributed by atoms with van der Waals surface area (Å²) in [5, 5.41) is 3.37. The number of likely N-dealkylation sites (tertiary alicyclic amines) is 1.